The lowest BCUT2D eigenvalue weighted by Gasteiger charge is -2.12. The van der Waals surface area contributed by atoms with E-state index in [1.807, 2.05) is 0 Å². The number of carbonyl (C=O) groups excluding carboxylic acids is 1. The molecule has 4 rings (SSSR count). The number of nitrogens with one attached hydrogen (secondary N) is 2. The normalized spacial score (nSPS) is 11.1. The Kier molecular flexibility index (Phi) is 6.31. The molecule has 168 valence electrons. The quantitative estimate of drug-likeness (QED) is 0.422. The lowest BCUT2D eigenvalue weighted by atomic mass is 10.1. The van der Waals surface area contributed by atoms with Gasteiger partial charge in [0.05, 0.1) is 24.1 Å². The van der Waals surface area contributed by atoms with Gasteiger partial charge in [-0.25, -0.2) is 13.2 Å². The summed E-state index contributed by atoms with van der Waals surface area (Å²) in [5.41, 5.74) is 2.22. The summed E-state index contributed by atoms with van der Waals surface area (Å²) < 4.78 is 38.3. The van der Waals surface area contributed by atoms with E-state index in [0.717, 1.165) is 5.56 Å². The van der Waals surface area contributed by atoms with Crippen molar-refractivity contribution in [3.05, 3.63) is 84.5 Å². The van der Waals surface area contributed by atoms with Crippen molar-refractivity contribution in [3.63, 3.8) is 0 Å². The second-order valence-electron chi connectivity index (χ2n) is 6.83. The van der Waals surface area contributed by atoms with E-state index in [1.54, 1.807) is 48.8 Å². The minimum atomic E-state index is -3.88. The summed E-state index contributed by atoms with van der Waals surface area (Å²) >= 11 is 0. The molecular weight excluding hydrogens is 446 g/mol. The molecule has 0 aliphatic carbocycles. The van der Waals surface area contributed by atoms with Crippen molar-refractivity contribution in [1.29, 1.82) is 0 Å². The molecule has 11 heteroatoms. The van der Waals surface area contributed by atoms with Crippen molar-refractivity contribution in [2.75, 3.05) is 17.1 Å². The Bertz CT molecular complexity index is 1360. The molecule has 0 saturated carbocycles. The Morgan fingerprint density at radius 3 is 2.48 bits per heavy atom. The molecule has 0 radical (unpaired) electrons. The second-order valence-corrected chi connectivity index (χ2v) is 8.51. The van der Waals surface area contributed by atoms with E-state index in [9.17, 15) is 13.2 Å². The number of para-hydroxylation sites is 1. The summed E-state index contributed by atoms with van der Waals surface area (Å²) in [6.45, 7) is 0. The number of amides is 1. The van der Waals surface area contributed by atoms with E-state index < -0.39 is 16.1 Å². The first-order valence-corrected chi connectivity index (χ1v) is 11.2. The molecule has 0 fully saturated rings. The summed E-state index contributed by atoms with van der Waals surface area (Å²) in [6, 6.07) is 16.2. The first kappa shape index (κ1) is 22.0. The number of nitrogens with zero attached hydrogens (tertiary/aromatic N) is 3. The fraction of sp³-hybridized carbons (Fsp3) is 0.0909. The maximum Gasteiger partial charge on any atom is 0.411 e. The van der Waals surface area contributed by atoms with Crippen LogP contribution in [0.2, 0.25) is 0 Å². The van der Waals surface area contributed by atoms with Crippen LogP contribution in [0.5, 0.6) is 0 Å². The van der Waals surface area contributed by atoms with Gasteiger partial charge in [-0.1, -0.05) is 23.4 Å². The number of hydrogen-bond donors (Lipinski definition) is 2. The minimum Gasteiger partial charge on any atom is -0.453 e. The summed E-state index contributed by atoms with van der Waals surface area (Å²) in [5, 5.41) is 6.44. The highest BCUT2D eigenvalue weighted by Gasteiger charge is 2.18. The van der Waals surface area contributed by atoms with Gasteiger partial charge in [0.25, 0.3) is 10.0 Å². The van der Waals surface area contributed by atoms with Crippen LogP contribution in [0.1, 0.15) is 11.5 Å². The Morgan fingerprint density at radius 1 is 1.03 bits per heavy atom. The van der Waals surface area contributed by atoms with Crippen molar-refractivity contribution in [1.82, 2.24) is 15.1 Å². The van der Waals surface area contributed by atoms with E-state index >= 15 is 0 Å². The summed E-state index contributed by atoms with van der Waals surface area (Å²) in [5.74, 6) is 0.762. The molecule has 0 atom stereocenters. The molecule has 2 heterocycles. The number of aromatic nitrogens is 3. The van der Waals surface area contributed by atoms with Gasteiger partial charge in [0.1, 0.15) is 0 Å². The summed E-state index contributed by atoms with van der Waals surface area (Å²) in [4.78, 5) is 19.7. The predicted molar refractivity (Wildman–Crippen MR) is 120 cm³/mol. The highest BCUT2D eigenvalue weighted by atomic mass is 32.2. The fourth-order valence-electron chi connectivity index (χ4n) is 2.97. The smallest absolute Gasteiger partial charge is 0.411 e. The number of carbonyl (C=O) groups is 1. The monoisotopic (exact) mass is 465 g/mol. The highest BCUT2D eigenvalue weighted by Crippen LogP contribution is 2.24. The summed E-state index contributed by atoms with van der Waals surface area (Å²) in [6.07, 6.45) is 2.85. The van der Waals surface area contributed by atoms with E-state index in [2.05, 4.69) is 29.9 Å². The molecule has 10 nitrogen and oxygen atoms in total. The Hall–Kier alpha value is -4.25. The van der Waals surface area contributed by atoms with Crippen LogP contribution in [-0.2, 0) is 21.2 Å². The van der Waals surface area contributed by atoms with Gasteiger partial charge >= 0.3 is 6.09 Å². The average molecular weight is 465 g/mol. The van der Waals surface area contributed by atoms with Crippen molar-refractivity contribution in [2.24, 2.45) is 0 Å². The highest BCUT2D eigenvalue weighted by molar-refractivity contribution is 7.92. The van der Waals surface area contributed by atoms with Crippen LogP contribution >= 0.6 is 0 Å². The minimum absolute atomic E-state index is 0.0329. The van der Waals surface area contributed by atoms with E-state index in [-0.39, 0.29) is 11.3 Å². The molecule has 33 heavy (non-hydrogen) atoms. The number of pyridine rings is 1. The molecule has 0 spiro atoms. The molecule has 2 N–H and O–H groups in total. The van der Waals surface area contributed by atoms with Gasteiger partial charge in [0.2, 0.25) is 11.7 Å². The van der Waals surface area contributed by atoms with Crippen molar-refractivity contribution in [2.45, 2.75) is 11.3 Å². The molecule has 2 aromatic carbocycles. The third-order valence-corrected chi connectivity index (χ3v) is 5.99. The van der Waals surface area contributed by atoms with Crippen LogP contribution in [0, 0.1) is 0 Å². The van der Waals surface area contributed by atoms with Crippen molar-refractivity contribution < 1.29 is 22.5 Å². The molecule has 2 aromatic heterocycles. The number of methoxy groups -OCH3 is 1. The van der Waals surface area contributed by atoms with Gasteiger partial charge in [-0.15, -0.1) is 0 Å². The molecule has 0 saturated heterocycles. The average Bonchev–Trinajstić information content (AvgIpc) is 3.29. The van der Waals surface area contributed by atoms with Crippen LogP contribution in [0.25, 0.3) is 11.4 Å². The number of ether oxygens (including phenoxy) is 1. The standard InChI is InChI=1S/C22H19N5O5S/c1-31-22(28)24-17-6-8-18(9-7-17)33(29,30)27-19-5-3-2-4-16(19)14-20-25-21(26-32-20)15-10-12-23-13-11-15/h2-13,27H,14H2,1H3,(H,24,28). The lowest BCUT2D eigenvalue weighted by molar-refractivity contribution is 0.187. The number of sulfonamides is 1. The van der Waals surface area contributed by atoms with E-state index in [0.29, 0.717) is 28.7 Å². The first-order chi connectivity index (χ1) is 15.9. The van der Waals surface area contributed by atoms with E-state index in [1.165, 1.54) is 31.4 Å². The van der Waals surface area contributed by atoms with Gasteiger partial charge in [0, 0.05) is 23.6 Å². The molecule has 1 amide bonds. The zero-order chi connectivity index (χ0) is 23.3. The molecule has 0 unspecified atom stereocenters. The second kappa shape index (κ2) is 9.49. The molecule has 4 aromatic rings. The summed E-state index contributed by atoms with van der Waals surface area (Å²) in [7, 11) is -2.64. The SMILES string of the molecule is COC(=O)Nc1ccc(S(=O)(=O)Nc2ccccc2Cc2nc(-c3ccncc3)no2)cc1. The Balaban J connectivity index is 1.52. The fourth-order valence-corrected chi connectivity index (χ4v) is 4.07. The maximum absolute atomic E-state index is 12.9. The molecular formula is C22H19N5O5S. The largest absolute Gasteiger partial charge is 0.453 e. The molecule has 0 bridgehead atoms. The number of hydrogen-bond acceptors (Lipinski definition) is 8. The number of benzene rings is 2. The van der Waals surface area contributed by atoms with Crippen LogP contribution < -0.4 is 10.0 Å². The third kappa shape index (κ3) is 5.33. The van der Waals surface area contributed by atoms with Gasteiger partial charge in [-0.3, -0.25) is 15.0 Å². The van der Waals surface area contributed by atoms with Gasteiger partial charge in [0.15, 0.2) is 0 Å². The van der Waals surface area contributed by atoms with Crippen LogP contribution in [0.15, 0.2) is 82.5 Å². The van der Waals surface area contributed by atoms with Crippen molar-refractivity contribution >= 4 is 27.5 Å². The Labute approximate surface area is 189 Å². The number of rotatable bonds is 7. The Morgan fingerprint density at radius 2 is 1.76 bits per heavy atom. The topological polar surface area (TPSA) is 136 Å². The van der Waals surface area contributed by atoms with Gasteiger partial charge < -0.3 is 9.26 Å². The maximum atomic E-state index is 12.9. The zero-order valence-corrected chi connectivity index (χ0v) is 18.2. The van der Waals surface area contributed by atoms with Crippen LogP contribution in [0.4, 0.5) is 16.2 Å². The van der Waals surface area contributed by atoms with Crippen molar-refractivity contribution in [3.8, 4) is 11.4 Å². The van der Waals surface area contributed by atoms with E-state index in [4.69, 9.17) is 4.52 Å². The van der Waals surface area contributed by atoms with Gasteiger partial charge in [-0.2, -0.15) is 4.98 Å². The number of anilines is 2. The molecule has 0 aliphatic rings. The lowest BCUT2D eigenvalue weighted by Crippen LogP contribution is -2.15. The first-order valence-electron chi connectivity index (χ1n) is 9.73. The van der Waals surface area contributed by atoms with Crippen LogP contribution in [0.3, 0.4) is 0 Å². The zero-order valence-electron chi connectivity index (χ0n) is 17.4. The third-order valence-electron chi connectivity index (χ3n) is 4.61. The predicted octanol–water partition coefficient (Wildman–Crippen LogP) is 3.70. The molecule has 0 aliphatic heterocycles. The van der Waals surface area contributed by atoms with Gasteiger partial charge in [-0.05, 0) is 48.0 Å². The van der Waals surface area contributed by atoms with Crippen LogP contribution in [-0.4, -0.2) is 36.7 Å².